The molecule has 1 amide bonds. The molecule has 3 heteroatoms. The smallest absolute Gasteiger partial charge is 0.243 e. The summed E-state index contributed by atoms with van der Waals surface area (Å²) in [7, 11) is 0. The molecular weight excluding hydrogens is 188 g/mol. The van der Waals surface area contributed by atoms with Gasteiger partial charge in [-0.25, -0.2) is 0 Å². The number of carbonyl (C=O) groups excluding carboxylic acids is 1. The van der Waals surface area contributed by atoms with Crippen LogP contribution in [0.15, 0.2) is 0 Å². The predicted molar refractivity (Wildman–Crippen MR) is 62.4 cm³/mol. The van der Waals surface area contributed by atoms with Gasteiger partial charge in [0.25, 0.3) is 0 Å². The maximum atomic E-state index is 12.1. The molecule has 1 aliphatic heterocycles. The molecule has 0 spiro atoms. The maximum absolute atomic E-state index is 12.1. The lowest BCUT2D eigenvalue weighted by molar-refractivity contribution is -0.132. The Labute approximate surface area is 93.2 Å². The van der Waals surface area contributed by atoms with Gasteiger partial charge in [-0.3, -0.25) is 10.1 Å². The first-order chi connectivity index (χ1) is 6.90. The Morgan fingerprint density at radius 2 is 2.07 bits per heavy atom. The highest BCUT2D eigenvalue weighted by molar-refractivity contribution is 5.87. The Morgan fingerprint density at radius 1 is 1.47 bits per heavy atom. The van der Waals surface area contributed by atoms with Crippen molar-refractivity contribution in [2.24, 2.45) is 11.8 Å². The van der Waals surface area contributed by atoms with E-state index in [4.69, 9.17) is 0 Å². The fraction of sp³-hybridized carbons (Fsp3) is 0.917. The summed E-state index contributed by atoms with van der Waals surface area (Å²) < 4.78 is 0. The molecule has 3 nitrogen and oxygen atoms in total. The molecule has 15 heavy (non-hydrogen) atoms. The van der Waals surface area contributed by atoms with Crippen LogP contribution in [0, 0.1) is 11.8 Å². The van der Waals surface area contributed by atoms with Crippen molar-refractivity contribution < 1.29 is 4.79 Å². The molecule has 1 rings (SSSR count). The predicted octanol–water partition coefficient (Wildman–Crippen LogP) is 1.84. The molecular formula is C12H24N2O. The molecule has 2 atom stereocenters. The van der Waals surface area contributed by atoms with Gasteiger partial charge < -0.3 is 4.90 Å². The van der Waals surface area contributed by atoms with Gasteiger partial charge in [-0.1, -0.05) is 27.7 Å². The van der Waals surface area contributed by atoms with Gasteiger partial charge in [-0.05, 0) is 25.2 Å². The molecule has 1 fully saturated rings. The van der Waals surface area contributed by atoms with Crippen LogP contribution >= 0.6 is 0 Å². The highest BCUT2D eigenvalue weighted by Crippen LogP contribution is 2.21. The summed E-state index contributed by atoms with van der Waals surface area (Å²) in [5, 5.41) is 3.30. The van der Waals surface area contributed by atoms with E-state index in [0.717, 1.165) is 13.0 Å². The van der Waals surface area contributed by atoms with E-state index in [-0.39, 0.29) is 11.4 Å². The van der Waals surface area contributed by atoms with Gasteiger partial charge in [-0.2, -0.15) is 0 Å². The minimum Gasteiger partial charge on any atom is -0.328 e. The molecule has 1 saturated heterocycles. The Morgan fingerprint density at radius 3 is 2.47 bits per heavy atom. The van der Waals surface area contributed by atoms with Crippen LogP contribution in [0.1, 0.15) is 41.0 Å². The number of carbonyl (C=O) groups is 1. The standard InChI is InChI=1S/C12H24N2O/c1-6-12(5)11(15)14(8-13-12)7-10(4)9(2)3/h9-10,13H,6-8H2,1-5H3. The van der Waals surface area contributed by atoms with Crippen LogP contribution in [0.3, 0.4) is 0 Å². The third kappa shape index (κ3) is 2.51. The largest absolute Gasteiger partial charge is 0.328 e. The summed E-state index contributed by atoms with van der Waals surface area (Å²) in [6, 6.07) is 0. The van der Waals surface area contributed by atoms with Crippen LogP contribution in [0.5, 0.6) is 0 Å². The van der Waals surface area contributed by atoms with Crippen molar-refractivity contribution in [1.82, 2.24) is 10.2 Å². The van der Waals surface area contributed by atoms with Crippen molar-refractivity contribution in [1.29, 1.82) is 0 Å². The fourth-order valence-electron chi connectivity index (χ4n) is 1.75. The lowest BCUT2D eigenvalue weighted by Crippen LogP contribution is -2.43. The Bertz CT molecular complexity index is 240. The number of hydrogen-bond acceptors (Lipinski definition) is 2. The first kappa shape index (κ1) is 12.5. The molecule has 0 aliphatic carbocycles. The van der Waals surface area contributed by atoms with Crippen molar-refractivity contribution in [2.75, 3.05) is 13.2 Å². The first-order valence-electron chi connectivity index (χ1n) is 5.95. The van der Waals surface area contributed by atoms with Crippen LogP contribution in [0.25, 0.3) is 0 Å². The molecule has 2 unspecified atom stereocenters. The molecule has 0 saturated carbocycles. The number of nitrogens with one attached hydrogen (secondary N) is 1. The minimum atomic E-state index is -0.323. The van der Waals surface area contributed by atoms with Crippen molar-refractivity contribution in [3.63, 3.8) is 0 Å². The van der Waals surface area contributed by atoms with Crippen molar-refractivity contribution in [3.05, 3.63) is 0 Å². The summed E-state index contributed by atoms with van der Waals surface area (Å²) in [6.45, 7) is 12.3. The monoisotopic (exact) mass is 212 g/mol. The minimum absolute atomic E-state index is 0.262. The van der Waals surface area contributed by atoms with Crippen molar-refractivity contribution >= 4 is 5.91 Å². The van der Waals surface area contributed by atoms with E-state index >= 15 is 0 Å². The average Bonchev–Trinajstić information content (AvgIpc) is 2.47. The van der Waals surface area contributed by atoms with Crippen molar-refractivity contribution in [3.8, 4) is 0 Å². The Hall–Kier alpha value is -0.570. The van der Waals surface area contributed by atoms with E-state index in [2.05, 4.69) is 33.0 Å². The van der Waals surface area contributed by atoms with E-state index in [9.17, 15) is 4.79 Å². The molecule has 88 valence electrons. The number of hydrogen-bond donors (Lipinski definition) is 1. The third-order valence-electron chi connectivity index (χ3n) is 3.77. The van der Waals surface area contributed by atoms with E-state index in [0.29, 0.717) is 18.5 Å². The lowest BCUT2D eigenvalue weighted by Gasteiger charge is -2.25. The van der Waals surface area contributed by atoms with Crippen LogP contribution in [0.4, 0.5) is 0 Å². The molecule has 0 radical (unpaired) electrons. The summed E-state index contributed by atoms with van der Waals surface area (Å²) in [6.07, 6.45) is 0.860. The van der Waals surface area contributed by atoms with Gasteiger partial charge in [0, 0.05) is 6.54 Å². The second-order valence-corrected chi connectivity index (χ2v) is 5.27. The fourth-order valence-corrected chi connectivity index (χ4v) is 1.75. The van der Waals surface area contributed by atoms with Gasteiger partial charge in [0.2, 0.25) is 5.91 Å². The topological polar surface area (TPSA) is 32.3 Å². The average molecular weight is 212 g/mol. The zero-order valence-electron chi connectivity index (χ0n) is 10.6. The van der Waals surface area contributed by atoms with Crippen molar-refractivity contribution in [2.45, 2.75) is 46.6 Å². The van der Waals surface area contributed by atoms with Crippen LogP contribution < -0.4 is 5.32 Å². The second kappa shape index (κ2) is 4.52. The van der Waals surface area contributed by atoms with E-state index in [1.54, 1.807) is 0 Å². The molecule has 0 aromatic heterocycles. The van der Waals surface area contributed by atoms with E-state index < -0.39 is 0 Å². The van der Waals surface area contributed by atoms with Gasteiger partial charge in [0.15, 0.2) is 0 Å². The van der Waals surface area contributed by atoms with Gasteiger partial charge in [-0.15, -0.1) is 0 Å². The quantitative estimate of drug-likeness (QED) is 0.771. The molecule has 1 heterocycles. The first-order valence-corrected chi connectivity index (χ1v) is 5.95. The van der Waals surface area contributed by atoms with Crippen LogP contribution in [0.2, 0.25) is 0 Å². The normalized spacial score (nSPS) is 28.9. The summed E-state index contributed by atoms with van der Waals surface area (Å²) in [5.41, 5.74) is -0.323. The van der Waals surface area contributed by atoms with Gasteiger partial charge >= 0.3 is 0 Å². The number of rotatable bonds is 4. The molecule has 0 aromatic rings. The SMILES string of the molecule is CCC1(C)NCN(CC(C)C(C)C)C1=O. The zero-order chi connectivity index (χ0) is 11.6. The van der Waals surface area contributed by atoms with Gasteiger partial charge in [0.05, 0.1) is 12.2 Å². The number of nitrogens with zero attached hydrogens (tertiary/aromatic N) is 1. The molecule has 0 aromatic carbocycles. The van der Waals surface area contributed by atoms with Gasteiger partial charge in [0.1, 0.15) is 0 Å². The summed E-state index contributed by atoms with van der Waals surface area (Å²) in [4.78, 5) is 14.0. The Balaban J connectivity index is 2.57. The molecule has 0 bridgehead atoms. The highest BCUT2D eigenvalue weighted by Gasteiger charge is 2.40. The van der Waals surface area contributed by atoms with E-state index in [1.807, 2.05) is 11.8 Å². The Kier molecular flexibility index (Phi) is 3.77. The summed E-state index contributed by atoms with van der Waals surface area (Å²) in [5.74, 6) is 1.46. The van der Waals surface area contributed by atoms with E-state index in [1.165, 1.54) is 0 Å². The third-order valence-corrected chi connectivity index (χ3v) is 3.77. The second-order valence-electron chi connectivity index (χ2n) is 5.27. The highest BCUT2D eigenvalue weighted by atomic mass is 16.2. The maximum Gasteiger partial charge on any atom is 0.243 e. The number of amides is 1. The zero-order valence-corrected chi connectivity index (χ0v) is 10.6. The molecule has 1 N–H and O–H groups in total. The lowest BCUT2D eigenvalue weighted by atomic mass is 9.96. The van der Waals surface area contributed by atoms with Crippen LogP contribution in [-0.4, -0.2) is 29.6 Å². The van der Waals surface area contributed by atoms with Crippen LogP contribution in [-0.2, 0) is 4.79 Å². The molecule has 1 aliphatic rings. The summed E-state index contributed by atoms with van der Waals surface area (Å²) >= 11 is 0.